The molecule has 0 aromatic heterocycles. The van der Waals surface area contributed by atoms with Crippen LogP contribution in [0.3, 0.4) is 0 Å². The molecule has 0 amide bonds. The molecule has 0 heteroatoms. The van der Waals surface area contributed by atoms with Crippen molar-refractivity contribution < 1.29 is 0 Å². The molecule has 62 heavy (non-hydrogen) atoms. The van der Waals surface area contributed by atoms with E-state index in [0.717, 1.165) is 12.8 Å². The molecule has 0 unspecified atom stereocenters. The summed E-state index contributed by atoms with van der Waals surface area (Å²) in [6.45, 7) is 26.6. The Morgan fingerprint density at radius 1 is 0.226 bits per heavy atom. The standard InChI is InChI=1S/2C31H30/c2*1-18-11-20(3)30(21(4)12-18)24-7-9-28-26(15-24)17-27-16-25(8-10-29(27)28)31-22(5)13-19(2)14-23(31)6/h2*7-16H,17H2,1-6H3. The van der Waals surface area contributed by atoms with Crippen LogP contribution in [-0.2, 0) is 12.8 Å². The molecule has 0 spiro atoms. The van der Waals surface area contributed by atoms with Crippen LogP contribution in [0.1, 0.15) is 89.0 Å². The van der Waals surface area contributed by atoms with Crippen LogP contribution in [0.25, 0.3) is 66.8 Å². The fraction of sp³-hybridized carbons (Fsp3) is 0.226. The highest BCUT2D eigenvalue weighted by molar-refractivity contribution is 5.86. The molecule has 0 heterocycles. The summed E-state index contributed by atoms with van der Waals surface area (Å²) in [4.78, 5) is 0. The number of fused-ring (bicyclic) bond motifs is 6. The highest BCUT2D eigenvalue weighted by Gasteiger charge is 2.23. The van der Waals surface area contributed by atoms with E-state index in [0.29, 0.717) is 0 Å². The molecule has 0 atom stereocenters. The fourth-order valence-electron chi connectivity index (χ4n) is 11.6. The lowest BCUT2D eigenvalue weighted by Gasteiger charge is -2.13. The Hall–Kier alpha value is -6.24. The number of hydrogen-bond acceptors (Lipinski definition) is 0. The van der Waals surface area contributed by atoms with Gasteiger partial charge in [0, 0.05) is 0 Å². The topological polar surface area (TPSA) is 0 Å². The van der Waals surface area contributed by atoms with Gasteiger partial charge in [0.25, 0.3) is 0 Å². The van der Waals surface area contributed by atoms with Gasteiger partial charge in [-0.25, -0.2) is 0 Å². The molecule has 8 aromatic carbocycles. The summed E-state index contributed by atoms with van der Waals surface area (Å²) in [6.07, 6.45) is 2.03. The fourth-order valence-corrected chi connectivity index (χ4v) is 11.6. The maximum absolute atomic E-state index is 2.42. The molecular weight excluding hydrogens is 745 g/mol. The van der Waals surface area contributed by atoms with Crippen LogP contribution in [0.5, 0.6) is 0 Å². The maximum Gasteiger partial charge on any atom is -0.00130 e. The van der Waals surface area contributed by atoms with E-state index in [1.165, 1.54) is 156 Å². The average Bonchev–Trinajstić information content (AvgIpc) is 3.73. The SMILES string of the molecule is Cc1cc(C)c(-c2ccc3c(c2)Cc2cc(-c4c(C)cc(C)cc4C)ccc2-3)c(C)c1.Cc1cc(C)c(-c2ccc3c(c2)Cc2cc(-c4c(C)cc(C)cc4C)ccc2-3)c(C)c1. The van der Waals surface area contributed by atoms with Crippen LogP contribution in [0.4, 0.5) is 0 Å². The quantitative estimate of drug-likeness (QED) is 0.166. The Morgan fingerprint density at radius 3 is 0.581 bits per heavy atom. The van der Waals surface area contributed by atoms with Gasteiger partial charge in [0.2, 0.25) is 0 Å². The van der Waals surface area contributed by atoms with E-state index in [-0.39, 0.29) is 0 Å². The van der Waals surface area contributed by atoms with Gasteiger partial charge in [0.15, 0.2) is 0 Å². The van der Waals surface area contributed by atoms with Crippen molar-refractivity contribution in [3.63, 3.8) is 0 Å². The molecule has 2 aliphatic rings. The zero-order valence-electron chi connectivity index (χ0n) is 39.0. The molecule has 10 rings (SSSR count). The first-order valence-electron chi connectivity index (χ1n) is 22.5. The predicted octanol–water partition coefficient (Wildman–Crippen LogP) is 16.9. The molecule has 8 aromatic rings. The summed E-state index contributed by atoms with van der Waals surface area (Å²) in [5.41, 5.74) is 38.5. The van der Waals surface area contributed by atoms with Crippen molar-refractivity contribution in [3.05, 3.63) is 210 Å². The number of rotatable bonds is 4. The van der Waals surface area contributed by atoms with Gasteiger partial charge in [-0.1, -0.05) is 144 Å². The average molecular weight is 805 g/mol. The second kappa shape index (κ2) is 15.9. The maximum atomic E-state index is 2.42. The Balaban J connectivity index is 0.000000158. The van der Waals surface area contributed by atoms with Gasteiger partial charge < -0.3 is 0 Å². The Labute approximate surface area is 371 Å². The largest absolute Gasteiger partial charge is 0.0557 e. The molecule has 0 aliphatic heterocycles. The monoisotopic (exact) mass is 804 g/mol. The number of hydrogen-bond donors (Lipinski definition) is 0. The second-order valence-electron chi connectivity index (χ2n) is 18.9. The summed E-state index contributed by atoms with van der Waals surface area (Å²) in [5, 5.41) is 0. The van der Waals surface area contributed by atoms with Crippen LogP contribution in [0.2, 0.25) is 0 Å². The minimum Gasteiger partial charge on any atom is -0.0557 e. The van der Waals surface area contributed by atoms with E-state index < -0.39 is 0 Å². The minimum absolute atomic E-state index is 1.01. The van der Waals surface area contributed by atoms with Crippen molar-refractivity contribution in [1.29, 1.82) is 0 Å². The molecule has 0 N–H and O–H groups in total. The van der Waals surface area contributed by atoms with E-state index in [1.807, 2.05) is 0 Å². The van der Waals surface area contributed by atoms with Crippen molar-refractivity contribution >= 4 is 0 Å². The molecule has 0 fully saturated rings. The van der Waals surface area contributed by atoms with Gasteiger partial charge in [-0.15, -0.1) is 0 Å². The van der Waals surface area contributed by atoms with Crippen LogP contribution < -0.4 is 0 Å². The Kier molecular flexibility index (Phi) is 10.5. The van der Waals surface area contributed by atoms with Gasteiger partial charge >= 0.3 is 0 Å². The van der Waals surface area contributed by atoms with E-state index in [4.69, 9.17) is 0 Å². The van der Waals surface area contributed by atoms with Crippen molar-refractivity contribution in [2.24, 2.45) is 0 Å². The normalized spacial score (nSPS) is 12.1. The summed E-state index contributed by atoms with van der Waals surface area (Å²) < 4.78 is 0. The number of benzene rings is 8. The first-order valence-corrected chi connectivity index (χ1v) is 22.5. The van der Waals surface area contributed by atoms with Crippen molar-refractivity contribution in [1.82, 2.24) is 0 Å². The highest BCUT2D eigenvalue weighted by Crippen LogP contribution is 2.44. The molecule has 2 aliphatic carbocycles. The lowest BCUT2D eigenvalue weighted by atomic mass is 9.91. The third-order valence-corrected chi connectivity index (χ3v) is 13.6. The molecular formula is C62H60. The number of aryl methyl sites for hydroxylation is 12. The molecule has 0 saturated heterocycles. The Morgan fingerprint density at radius 2 is 0.403 bits per heavy atom. The van der Waals surface area contributed by atoms with E-state index in [2.05, 4.69) is 204 Å². The lowest BCUT2D eigenvalue weighted by molar-refractivity contribution is 1.25. The third-order valence-electron chi connectivity index (χ3n) is 13.6. The van der Waals surface area contributed by atoms with Gasteiger partial charge in [-0.05, 0) is 229 Å². The van der Waals surface area contributed by atoms with Crippen LogP contribution in [-0.4, -0.2) is 0 Å². The van der Waals surface area contributed by atoms with Crippen molar-refractivity contribution in [2.75, 3.05) is 0 Å². The summed E-state index contributed by atoms with van der Waals surface area (Å²) in [6, 6.07) is 46.6. The van der Waals surface area contributed by atoms with Crippen LogP contribution in [0, 0.1) is 83.1 Å². The zero-order valence-corrected chi connectivity index (χ0v) is 39.0. The molecule has 0 saturated carbocycles. The first kappa shape index (κ1) is 41.1. The molecule has 0 radical (unpaired) electrons. The summed E-state index contributed by atoms with van der Waals surface area (Å²) in [7, 11) is 0. The summed E-state index contributed by atoms with van der Waals surface area (Å²) in [5.74, 6) is 0. The predicted molar refractivity (Wildman–Crippen MR) is 268 cm³/mol. The van der Waals surface area contributed by atoms with Crippen LogP contribution in [0.15, 0.2) is 121 Å². The highest BCUT2D eigenvalue weighted by atomic mass is 14.3. The lowest BCUT2D eigenvalue weighted by Crippen LogP contribution is -1.92. The van der Waals surface area contributed by atoms with Gasteiger partial charge in [-0.3, -0.25) is 0 Å². The van der Waals surface area contributed by atoms with Gasteiger partial charge in [-0.2, -0.15) is 0 Å². The van der Waals surface area contributed by atoms with E-state index in [1.54, 1.807) is 0 Å². The van der Waals surface area contributed by atoms with E-state index >= 15 is 0 Å². The van der Waals surface area contributed by atoms with Crippen LogP contribution >= 0.6 is 0 Å². The Bertz CT molecular complexity index is 2610. The smallest absolute Gasteiger partial charge is 0.00130 e. The summed E-state index contributed by atoms with van der Waals surface area (Å²) >= 11 is 0. The second-order valence-corrected chi connectivity index (χ2v) is 18.9. The van der Waals surface area contributed by atoms with Gasteiger partial charge in [0.05, 0.1) is 0 Å². The molecule has 308 valence electrons. The third kappa shape index (κ3) is 7.45. The first-order chi connectivity index (χ1) is 29.6. The van der Waals surface area contributed by atoms with E-state index in [9.17, 15) is 0 Å². The van der Waals surface area contributed by atoms with Crippen molar-refractivity contribution in [3.8, 4) is 66.8 Å². The minimum atomic E-state index is 1.01. The molecule has 0 bridgehead atoms. The van der Waals surface area contributed by atoms with Gasteiger partial charge in [0.1, 0.15) is 0 Å². The zero-order chi connectivity index (χ0) is 43.7. The van der Waals surface area contributed by atoms with Crippen molar-refractivity contribution in [2.45, 2.75) is 95.9 Å². The molecule has 0 nitrogen and oxygen atoms in total.